The van der Waals surface area contributed by atoms with Crippen LogP contribution in [0.4, 0.5) is 5.69 Å². The van der Waals surface area contributed by atoms with E-state index in [1.54, 1.807) is 19.2 Å². The molecule has 0 bridgehead atoms. The van der Waals surface area contributed by atoms with Gasteiger partial charge >= 0.3 is 0 Å². The maximum Gasteiger partial charge on any atom is 0.234 e. The van der Waals surface area contributed by atoms with Crippen LogP contribution in [0.2, 0.25) is 0 Å². The van der Waals surface area contributed by atoms with Crippen LogP contribution in [0.1, 0.15) is 12.5 Å². The molecule has 1 aromatic heterocycles. The van der Waals surface area contributed by atoms with E-state index in [2.05, 4.69) is 15.5 Å². The number of aromatic nitrogens is 3. The number of methoxy groups -OCH3 is 1. The van der Waals surface area contributed by atoms with Gasteiger partial charge in [-0.15, -0.1) is 10.2 Å². The molecule has 4 rings (SSSR count). The van der Waals surface area contributed by atoms with Crippen molar-refractivity contribution in [3.63, 3.8) is 0 Å². The standard InChI is InChI=1S/C26H26N4O3S/c1-4-33-21-15-13-20(14-16-21)30-25(19-11-9-18(2)10-12-19)28-29-26(30)34-17-24(31)27-22-7-5-6-8-23(22)32-3/h5-16H,4,17H2,1-3H3,(H,27,31). The zero-order valence-electron chi connectivity index (χ0n) is 19.3. The van der Waals surface area contributed by atoms with Gasteiger partial charge in [-0.2, -0.15) is 0 Å². The number of nitrogens with one attached hydrogen (secondary N) is 1. The van der Waals surface area contributed by atoms with E-state index in [0.29, 0.717) is 29.0 Å². The first kappa shape index (κ1) is 23.4. The number of rotatable bonds is 9. The summed E-state index contributed by atoms with van der Waals surface area (Å²) in [4.78, 5) is 12.7. The Morgan fingerprint density at radius 3 is 2.44 bits per heavy atom. The summed E-state index contributed by atoms with van der Waals surface area (Å²) < 4.78 is 12.9. The molecule has 0 fully saturated rings. The van der Waals surface area contributed by atoms with Crippen LogP contribution in [0.5, 0.6) is 11.5 Å². The Labute approximate surface area is 203 Å². The van der Waals surface area contributed by atoms with E-state index in [1.165, 1.54) is 17.3 Å². The van der Waals surface area contributed by atoms with Gasteiger partial charge in [-0.1, -0.05) is 53.7 Å². The Bertz CT molecular complexity index is 1250. The van der Waals surface area contributed by atoms with Gasteiger partial charge in [0.15, 0.2) is 11.0 Å². The van der Waals surface area contributed by atoms with Crippen molar-refractivity contribution < 1.29 is 14.3 Å². The molecule has 1 amide bonds. The van der Waals surface area contributed by atoms with Gasteiger partial charge in [0, 0.05) is 11.3 Å². The summed E-state index contributed by atoms with van der Waals surface area (Å²) in [5.41, 5.74) is 3.62. The van der Waals surface area contributed by atoms with Gasteiger partial charge in [-0.05, 0) is 50.2 Å². The van der Waals surface area contributed by atoms with Crippen molar-refractivity contribution in [3.8, 4) is 28.6 Å². The minimum Gasteiger partial charge on any atom is -0.495 e. The number of aryl methyl sites for hydroxylation is 1. The van der Waals surface area contributed by atoms with Gasteiger partial charge in [-0.3, -0.25) is 9.36 Å². The van der Waals surface area contributed by atoms with Crippen molar-refractivity contribution >= 4 is 23.4 Å². The fraction of sp³-hybridized carbons (Fsp3) is 0.192. The molecule has 0 aliphatic rings. The number of carbonyl (C=O) groups is 1. The molecule has 0 atom stereocenters. The second-order valence-electron chi connectivity index (χ2n) is 7.47. The van der Waals surface area contributed by atoms with Gasteiger partial charge in [0.1, 0.15) is 11.5 Å². The molecule has 0 aliphatic carbocycles. The Kier molecular flexibility index (Phi) is 7.49. The SMILES string of the molecule is CCOc1ccc(-n2c(SCC(=O)Nc3ccccc3OC)nnc2-c2ccc(C)cc2)cc1. The van der Waals surface area contributed by atoms with Crippen LogP contribution >= 0.6 is 11.8 Å². The fourth-order valence-corrected chi connectivity index (χ4v) is 4.16. The highest BCUT2D eigenvalue weighted by Crippen LogP contribution is 2.30. The number of hydrogen-bond acceptors (Lipinski definition) is 6. The van der Waals surface area contributed by atoms with Crippen LogP contribution in [0.15, 0.2) is 78.0 Å². The van der Waals surface area contributed by atoms with Gasteiger partial charge in [0.2, 0.25) is 5.91 Å². The van der Waals surface area contributed by atoms with E-state index in [9.17, 15) is 4.79 Å². The molecular formula is C26H26N4O3S. The second-order valence-corrected chi connectivity index (χ2v) is 8.41. The summed E-state index contributed by atoms with van der Waals surface area (Å²) >= 11 is 1.32. The van der Waals surface area contributed by atoms with E-state index in [1.807, 2.05) is 79.1 Å². The molecule has 8 heteroatoms. The van der Waals surface area contributed by atoms with Gasteiger partial charge in [0.05, 0.1) is 25.2 Å². The van der Waals surface area contributed by atoms with Crippen molar-refractivity contribution in [3.05, 3.63) is 78.4 Å². The molecule has 1 heterocycles. The lowest BCUT2D eigenvalue weighted by atomic mass is 10.1. The number of anilines is 1. The number of carbonyl (C=O) groups excluding carboxylic acids is 1. The molecule has 0 unspecified atom stereocenters. The quantitative estimate of drug-likeness (QED) is 0.328. The summed E-state index contributed by atoms with van der Waals surface area (Å²) in [6, 6.07) is 23.2. The molecule has 34 heavy (non-hydrogen) atoms. The van der Waals surface area contributed by atoms with Crippen molar-refractivity contribution in [2.45, 2.75) is 19.0 Å². The molecule has 174 valence electrons. The minimum absolute atomic E-state index is 0.160. The molecule has 7 nitrogen and oxygen atoms in total. The van der Waals surface area contributed by atoms with Crippen LogP contribution in [-0.4, -0.2) is 40.1 Å². The first-order valence-electron chi connectivity index (χ1n) is 10.9. The number of thioether (sulfide) groups is 1. The third-order valence-corrected chi connectivity index (χ3v) is 5.99. The number of nitrogens with zero attached hydrogens (tertiary/aromatic N) is 3. The van der Waals surface area contributed by atoms with Crippen molar-refractivity contribution in [1.82, 2.24) is 14.8 Å². The zero-order chi connectivity index (χ0) is 23.9. The fourth-order valence-electron chi connectivity index (χ4n) is 3.41. The van der Waals surface area contributed by atoms with Crippen LogP contribution < -0.4 is 14.8 Å². The van der Waals surface area contributed by atoms with E-state index < -0.39 is 0 Å². The lowest BCUT2D eigenvalue weighted by molar-refractivity contribution is -0.113. The molecule has 0 radical (unpaired) electrons. The van der Waals surface area contributed by atoms with E-state index in [4.69, 9.17) is 9.47 Å². The second kappa shape index (κ2) is 10.9. The molecule has 0 saturated heterocycles. The van der Waals surface area contributed by atoms with Crippen LogP contribution in [0.25, 0.3) is 17.1 Å². The predicted molar refractivity (Wildman–Crippen MR) is 135 cm³/mol. The Hall–Kier alpha value is -3.78. The summed E-state index contributed by atoms with van der Waals surface area (Å²) in [6.07, 6.45) is 0. The Morgan fingerprint density at radius 2 is 1.74 bits per heavy atom. The average molecular weight is 475 g/mol. The summed E-state index contributed by atoms with van der Waals surface area (Å²) in [6.45, 7) is 4.60. The van der Waals surface area contributed by atoms with E-state index >= 15 is 0 Å². The Balaban J connectivity index is 1.60. The Morgan fingerprint density at radius 1 is 1.00 bits per heavy atom. The number of ether oxygens (including phenoxy) is 2. The molecular weight excluding hydrogens is 448 g/mol. The average Bonchev–Trinajstić information content (AvgIpc) is 3.28. The summed E-state index contributed by atoms with van der Waals surface area (Å²) in [7, 11) is 1.58. The minimum atomic E-state index is -0.160. The van der Waals surface area contributed by atoms with Crippen molar-refractivity contribution in [1.29, 1.82) is 0 Å². The molecule has 1 N–H and O–H groups in total. The highest BCUT2D eigenvalue weighted by atomic mass is 32.2. The number of benzene rings is 3. The van der Waals surface area contributed by atoms with E-state index in [-0.39, 0.29) is 11.7 Å². The molecule has 0 spiro atoms. The van der Waals surface area contributed by atoms with Gasteiger partial charge < -0.3 is 14.8 Å². The monoisotopic (exact) mass is 474 g/mol. The normalized spacial score (nSPS) is 10.7. The van der Waals surface area contributed by atoms with Gasteiger partial charge in [0.25, 0.3) is 0 Å². The lowest BCUT2D eigenvalue weighted by Crippen LogP contribution is -2.15. The zero-order valence-corrected chi connectivity index (χ0v) is 20.1. The maximum absolute atomic E-state index is 12.7. The number of para-hydroxylation sites is 2. The third-order valence-electron chi connectivity index (χ3n) is 5.06. The third kappa shape index (κ3) is 5.40. The van der Waals surface area contributed by atoms with E-state index in [0.717, 1.165) is 17.0 Å². The van der Waals surface area contributed by atoms with Crippen LogP contribution in [0, 0.1) is 6.92 Å². The summed E-state index contributed by atoms with van der Waals surface area (Å²) in [5, 5.41) is 12.4. The highest BCUT2D eigenvalue weighted by Gasteiger charge is 2.18. The number of amides is 1. The van der Waals surface area contributed by atoms with Crippen molar-refractivity contribution in [2.75, 3.05) is 24.8 Å². The molecule has 0 saturated carbocycles. The molecule has 4 aromatic rings. The topological polar surface area (TPSA) is 78.3 Å². The highest BCUT2D eigenvalue weighted by molar-refractivity contribution is 7.99. The first-order valence-corrected chi connectivity index (χ1v) is 11.9. The lowest BCUT2D eigenvalue weighted by Gasteiger charge is -2.12. The smallest absolute Gasteiger partial charge is 0.234 e. The van der Waals surface area contributed by atoms with Crippen LogP contribution in [0.3, 0.4) is 0 Å². The first-order chi connectivity index (χ1) is 16.6. The van der Waals surface area contributed by atoms with Gasteiger partial charge in [-0.25, -0.2) is 0 Å². The van der Waals surface area contributed by atoms with Crippen molar-refractivity contribution in [2.24, 2.45) is 0 Å². The largest absolute Gasteiger partial charge is 0.495 e. The van der Waals surface area contributed by atoms with Crippen LogP contribution in [-0.2, 0) is 4.79 Å². The number of hydrogen-bond donors (Lipinski definition) is 1. The predicted octanol–water partition coefficient (Wildman–Crippen LogP) is 5.38. The molecule has 0 aliphatic heterocycles. The summed E-state index contributed by atoms with van der Waals surface area (Å²) in [5.74, 6) is 2.12. The maximum atomic E-state index is 12.7. The molecule has 3 aromatic carbocycles.